The second-order valence-electron chi connectivity index (χ2n) is 6.09. The number of hydrogen-bond donors (Lipinski definition) is 2. The number of H-pyrrole nitrogens is 1. The molecule has 1 aromatic rings. The number of nitrogens with zero attached hydrogens (tertiary/aromatic N) is 2. The van der Waals surface area contributed by atoms with Gasteiger partial charge < -0.3 is 15.2 Å². The molecule has 0 radical (unpaired) electrons. The first-order valence-corrected chi connectivity index (χ1v) is 7.63. The van der Waals surface area contributed by atoms with Gasteiger partial charge in [-0.15, -0.1) is 0 Å². The van der Waals surface area contributed by atoms with Gasteiger partial charge in [-0.1, -0.05) is 0 Å². The number of likely N-dealkylation sites (tertiary alicyclic amines) is 1. The largest absolute Gasteiger partial charge is 0.345 e. The van der Waals surface area contributed by atoms with E-state index in [1.165, 1.54) is 0 Å². The Morgan fingerprint density at radius 2 is 2.19 bits per heavy atom. The first kappa shape index (κ1) is 14.3. The molecule has 0 bridgehead atoms. The van der Waals surface area contributed by atoms with Gasteiger partial charge >= 0.3 is 5.69 Å². The fraction of sp³-hybridized carbons (Fsp3) is 0.667. The lowest BCUT2D eigenvalue weighted by molar-refractivity contribution is -0.131. The monoisotopic (exact) mass is 290 g/mol. The Kier molecular flexibility index (Phi) is 3.80. The summed E-state index contributed by atoms with van der Waals surface area (Å²) in [5.74, 6) is 0.850. The third-order valence-electron chi connectivity index (χ3n) is 4.81. The zero-order valence-electron chi connectivity index (χ0n) is 12.6. The van der Waals surface area contributed by atoms with Crippen molar-refractivity contribution in [3.05, 3.63) is 27.4 Å². The summed E-state index contributed by atoms with van der Waals surface area (Å²) in [5.41, 5.74) is 2.22. The van der Waals surface area contributed by atoms with Crippen LogP contribution in [0.15, 0.2) is 4.79 Å². The van der Waals surface area contributed by atoms with Gasteiger partial charge in [0.15, 0.2) is 0 Å². The summed E-state index contributed by atoms with van der Waals surface area (Å²) in [4.78, 5) is 32.4. The Labute approximate surface area is 124 Å². The summed E-state index contributed by atoms with van der Waals surface area (Å²) < 4.78 is 0. The Hall–Kier alpha value is -1.69. The van der Waals surface area contributed by atoms with E-state index in [1.807, 2.05) is 18.7 Å². The van der Waals surface area contributed by atoms with Gasteiger partial charge in [0, 0.05) is 43.5 Å². The molecule has 6 nitrogen and oxygen atoms in total. The standard InChI is InChI=1S/C15H22N4O2/c1-9-12(10(2)18-15(21)17-9)3-4-14(20)19-6-5-11-7-16-8-13(11)19/h11,13,16H,3-8H2,1-2H3,(H,17,18,21)/t11-,13+/m1/s1. The molecule has 6 heteroatoms. The van der Waals surface area contributed by atoms with Gasteiger partial charge in [0.2, 0.25) is 5.91 Å². The second kappa shape index (κ2) is 5.60. The Morgan fingerprint density at radius 3 is 2.95 bits per heavy atom. The molecule has 21 heavy (non-hydrogen) atoms. The summed E-state index contributed by atoms with van der Waals surface area (Å²) in [6.45, 7) is 6.54. The van der Waals surface area contributed by atoms with Crippen molar-refractivity contribution in [2.24, 2.45) is 5.92 Å². The first-order valence-electron chi connectivity index (χ1n) is 7.63. The van der Waals surface area contributed by atoms with Gasteiger partial charge in [0.25, 0.3) is 0 Å². The van der Waals surface area contributed by atoms with Crippen LogP contribution in [0.1, 0.15) is 29.8 Å². The normalized spacial score (nSPS) is 24.4. The van der Waals surface area contributed by atoms with Crippen LogP contribution in [-0.2, 0) is 11.2 Å². The van der Waals surface area contributed by atoms with E-state index < -0.39 is 0 Å². The predicted molar refractivity (Wildman–Crippen MR) is 79.1 cm³/mol. The number of aromatic amines is 1. The van der Waals surface area contributed by atoms with Crippen LogP contribution in [-0.4, -0.2) is 46.5 Å². The van der Waals surface area contributed by atoms with E-state index in [0.29, 0.717) is 24.8 Å². The molecule has 0 aliphatic carbocycles. The minimum atomic E-state index is -0.320. The van der Waals surface area contributed by atoms with Gasteiger partial charge in [-0.2, -0.15) is 4.98 Å². The van der Waals surface area contributed by atoms with E-state index in [4.69, 9.17) is 0 Å². The topological polar surface area (TPSA) is 78.1 Å². The zero-order chi connectivity index (χ0) is 15.0. The van der Waals surface area contributed by atoms with E-state index >= 15 is 0 Å². The minimum Gasteiger partial charge on any atom is -0.338 e. The lowest BCUT2D eigenvalue weighted by Crippen LogP contribution is -2.39. The first-order chi connectivity index (χ1) is 10.1. The van der Waals surface area contributed by atoms with Crippen LogP contribution < -0.4 is 11.0 Å². The molecule has 114 valence electrons. The summed E-state index contributed by atoms with van der Waals surface area (Å²) in [6, 6.07) is 0.383. The Bertz CT molecular complexity index is 584. The summed E-state index contributed by atoms with van der Waals surface area (Å²) in [7, 11) is 0. The highest BCUT2D eigenvalue weighted by molar-refractivity contribution is 5.77. The van der Waals surface area contributed by atoms with Crippen LogP contribution in [0.4, 0.5) is 0 Å². The van der Waals surface area contributed by atoms with Crippen molar-refractivity contribution in [2.75, 3.05) is 19.6 Å². The van der Waals surface area contributed by atoms with Crippen molar-refractivity contribution >= 4 is 5.91 Å². The molecule has 1 amide bonds. The average Bonchev–Trinajstić information content (AvgIpc) is 2.99. The maximum Gasteiger partial charge on any atom is 0.345 e. The third-order valence-corrected chi connectivity index (χ3v) is 4.81. The molecule has 1 aromatic heterocycles. The van der Waals surface area contributed by atoms with E-state index in [-0.39, 0.29) is 11.6 Å². The molecule has 2 atom stereocenters. The van der Waals surface area contributed by atoms with Crippen LogP contribution in [0.2, 0.25) is 0 Å². The van der Waals surface area contributed by atoms with Crippen molar-refractivity contribution in [3.8, 4) is 0 Å². The summed E-state index contributed by atoms with van der Waals surface area (Å²) >= 11 is 0. The number of carbonyl (C=O) groups excluding carboxylic acids is 1. The fourth-order valence-corrected chi connectivity index (χ4v) is 3.66. The van der Waals surface area contributed by atoms with Gasteiger partial charge in [0.1, 0.15) is 0 Å². The number of fused-ring (bicyclic) bond motifs is 1. The molecule has 2 saturated heterocycles. The van der Waals surface area contributed by atoms with E-state index in [1.54, 1.807) is 0 Å². The van der Waals surface area contributed by atoms with Crippen LogP contribution in [0.25, 0.3) is 0 Å². The molecule has 0 spiro atoms. The average molecular weight is 290 g/mol. The van der Waals surface area contributed by atoms with Crippen LogP contribution in [0.5, 0.6) is 0 Å². The van der Waals surface area contributed by atoms with E-state index in [2.05, 4.69) is 15.3 Å². The van der Waals surface area contributed by atoms with Crippen LogP contribution in [0.3, 0.4) is 0 Å². The predicted octanol–water partition coefficient (Wildman–Crippen LogP) is 0.140. The Morgan fingerprint density at radius 1 is 1.38 bits per heavy atom. The van der Waals surface area contributed by atoms with Gasteiger partial charge in [-0.3, -0.25) is 4.79 Å². The molecule has 3 rings (SSSR count). The summed E-state index contributed by atoms with van der Waals surface area (Å²) in [5, 5.41) is 3.36. The molecule has 2 N–H and O–H groups in total. The van der Waals surface area contributed by atoms with Crippen molar-refractivity contribution < 1.29 is 4.79 Å². The molecular formula is C15H22N4O2. The van der Waals surface area contributed by atoms with Crippen molar-refractivity contribution in [2.45, 2.75) is 39.2 Å². The maximum atomic E-state index is 12.5. The lowest BCUT2D eigenvalue weighted by Gasteiger charge is -2.23. The molecule has 0 unspecified atom stereocenters. The molecule has 0 saturated carbocycles. The third kappa shape index (κ3) is 2.72. The summed E-state index contributed by atoms with van der Waals surface area (Å²) in [6.07, 6.45) is 2.24. The second-order valence-corrected chi connectivity index (χ2v) is 6.09. The number of rotatable bonds is 3. The minimum absolute atomic E-state index is 0.219. The SMILES string of the molecule is Cc1nc(=O)[nH]c(C)c1CCC(=O)N1CC[C@@H]2CNC[C@@H]21. The molecule has 3 heterocycles. The highest BCUT2D eigenvalue weighted by Gasteiger charge is 2.39. The molecule has 0 aromatic carbocycles. The number of aryl methyl sites for hydroxylation is 2. The lowest BCUT2D eigenvalue weighted by atomic mass is 10.0. The molecule has 2 fully saturated rings. The van der Waals surface area contributed by atoms with E-state index in [9.17, 15) is 9.59 Å². The zero-order valence-corrected chi connectivity index (χ0v) is 12.6. The van der Waals surface area contributed by atoms with Crippen LogP contribution >= 0.6 is 0 Å². The van der Waals surface area contributed by atoms with E-state index in [0.717, 1.165) is 43.0 Å². The van der Waals surface area contributed by atoms with Crippen molar-refractivity contribution in [1.82, 2.24) is 20.2 Å². The Balaban J connectivity index is 1.65. The molecule has 2 aliphatic heterocycles. The van der Waals surface area contributed by atoms with Gasteiger partial charge in [-0.05, 0) is 38.2 Å². The maximum absolute atomic E-state index is 12.5. The van der Waals surface area contributed by atoms with Crippen LogP contribution in [0, 0.1) is 19.8 Å². The quantitative estimate of drug-likeness (QED) is 0.830. The number of amides is 1. The number of aromatic nitrogens is 2. The fourth-order valence-electron chi connectivity index (χ4n) is 3.66. The van der Waals surface area contributed by atoms with Gasteiger partial charge in [-0.25, -0.2) is 4.79 Å². The smallest absolute Gasteiger partial charge is 0.338 e. The number of hydrogen-bond acceptors (Lipinski definition) is 4. The van der Waals surface area contributed by atoms with Gasteiger partial charge in [0.05, 0.1) is 0 Å². The molecule has 2 aliphatic rings. The van der Waals surface area contributed by atoms with Crippen molar-refractivity contribution in [1.29, 1.82) is 0 Å². The highest BCUT2D eigenvalue weighted by Crippen LogP contribution is 2.27. The highest BCUT2D eigenvalue weighted by atomic mass is 16.2. The number of nitrogens with one attached hydrogen (secondary N) is 2. The molecular weight excluding hydrogens is 268 g/mol. The number of carbonyl (C=O) groups is 1. The van der Waals surface area contributed by atoms with Crippen molar-refractivity contribution in [3.63, 3.8) is 0 Å².